The predicted octanol–water partition coefficient (Wildman–Crippen LogP) is 3.22. The van der Waals surface area contributed by atoms with Crippen molar-refractivity contribution in [3.8, 4) is 0 Å². The Hall–Kier alpha value is -2.62. The molecule has 118 valence electrons. The van der Waals surface area contributed by atoms with Crippen LogP contribution in [0.4, 0.5) is 0 Å². The van der Waals surface area contributed by atoms with E-state index in [1.54, 1.807) is 0 Å². The number of aryl methyl sites for hydroxylation is 2. The molecule has 0 aliphatic heterocycles. The van der Waals surface area contributed by atoms with Crippen LogP contribution in [0, 0.1) is 6.92 Å². The Balaban J connectivity index is 1.71. The van der Waals surface area contributed by atoms with Gasteiger partial charge in [0.1, 0.15) is 12.4 Å². The number of aromatic nitrogens is 2. The van der Waals surface area contributed by atoms with E-state index < -0.39 is 0 Å². The topological polar surface area (TPSA) is 46.9 Å². The van der Waals surface area contributed by atoms with Gasteiger partial charge in [-0.3, -0.25) is 4.79 Å². The highest BCUT2D eigenvalue weighted by atomic mass is 16.1. The van der Waals surface area contributed by atoms with Crippen molar-refractivity contribution in [2.75, 3.05) is 0 Å². The van der Waals surface area contributed by atoms with Crippen LogP contribution >= 0.6 is 0 Å². The van der Waals surface area contributed by atoms with Gasteiger partial charge in [-0.15, -0.1) is 0 Å². The first kappa shape index (κ1) is 15.3. The van der Waals surface area contributed by atoms with E-state index in [0.29, 0.717) is 13.1 Å². The van der Waals surface area contributed by atoms with Crippen LogP contribution in [0.5, 0.6) is 0 Å². The van der Waals surface area contributed by atoms with Crippen molar-refractivity contribution in [3.05, 3.63) is 65.5 Å². The zero-order chi connectivity index (χ0) is 16.2. The first-order valence-corrected chi connectivity index (χ1v) is 7.93. The van der Waals surface area contributed by atoms with Gasteiger partial charge < -0.3 is 9.88 Å². The summed E-state index contributed by atoms with van der Waals surface area (Å²) in [7, 11) is 0. The molecule has 3 aromatic rings. The SMILES string of the molecule is CCc1nc2ccccc2n1CC(=O)NCc1ccc(C)cc1. The highest BCUT2D eigenvalue weighted by Crippen LogP contribution is 2.16. The lowest BCUT2D eigenvalue weighted by Gasteiger charge is -2.09. The zero-order valence-corrected chi connectivity index (χ0v) is 13.5. The minimum Gasteiger partial charge on any atom is -0.350 e. The molecule has 0 saturated carbocycles. The Morgan fingerprint density at radius 2 is 1.87 bits per heavy atom. The molecule has 0 radical (unpaired) electrons. The minimum atomic E-state index is 0.00317. The Labute approximate surface area is 136 Å². The van der Waals surface area contributed by atoms with E-state index in [4.69, 9.17) is 0 Å². The number of nitrogens with zero attached hydrogens (tertiary/aromatic N) is 2. The van der Waals surface area contributed by atoms with E-state index in [2.05, 4.69) is 36.3 Å². The van der Waals surface area contributed by atoms with Gasteiger partial charge in [-0.2, -0.15) is 0 Å². The Bertz CT molecular complexity index is 818. The smallest absolute Gasteiger partial charge is 0.240 e. The van der Waals surface area contributed by atoms with Crippen molar-refractivity contribution < 1.29 is 4.79 Å². The molecule has 0 aliphatic carbocycles. The van der Waals surface area contributed by atoms with Gasteiger partial charge >= 0.3 is 0 Å². The third kappa shape index (κ3) is 3.42. The molecule has 0 unspecified atom stereocenters. The quantitative estimate of drug-likeness (QED) is 0.786. The molecule has 0 fully saturated rings. The fraction of sp³-hybridized carbons (Fsp3) is 0.263. The summed E-state index contributed by atoms with van der Waals surface area (Å²) < 4.78 is 2.00. The lowest BCUT2D eigenvalue weighted by molar-refractivity contribution is -0.121. The van der Waals surface area contributed by atoms with E-state index in [0.717, 1.165) is 28.8 Å². The van der Waals surface area contributed by atoms with Crippen LogP contribution in [-0.4, -0.2) is 15.5 Å². The Morgan fingerprint density at radius 3 is 2.61 bits per heavy atom. The van der Waals surface area contributed by atoms with Gasteiger partial charge in [0, 0.05) is 13.0 Å². The fourth-order valence-corrected chi connectivity index (χ4v) is 2.68. The van der Waals surface area contributed by atoms with Gasteiger partial charge in [0.25, 0.3) is 0 Å². The summed E-state index contributed by atoms with van der Waals surface area (Å²) in [6.07, 6.45) is 0.805. The number of carbonyl (C=O) groups excluding carboxylic acids is 1. The molecule has 1 amide bonds. The second-order valence-electron chi connectivity index (χ2n) is 5.72. The van der Waals surface area contributed by atoms with Crippen LogP contribution in [-0.2, 0) is 24.3 Å². The minimum absolute atomic E-state index is 0.00317. The van der Waals surface area contributed by atoms with Crippen molar-refractivity contribution in [2.24, 2.45) is 0 Å². The van der Waals surface area contributed by atoms with Crippen molar-refractivity contribution in [1.29, 1.82) is 0 Å². The highest BCUT2D eigenvalue weighted by molar-refractivity contribution is 5.81. The molecule has 4 heteroatoms. The molecule has 0 saturated heterocycles. The second-order valence-corrected chi connectivity index (χ2v) is 5.72. The molecule has 23 heavy (non-hydrogen) atoms. The van der Waals surface area contributed by atoms with Crippen LogP contribution in [0.2, 0.25) is 0 Å². The molecule has 2 aromatic carbocycles. The van der Waals surface area contributed by atoms with Crippen LogP contribution in [0.25, 0.3) is 11.0 Å². The Kier molecular flexibility index (Phi) is 4.42. The van der Waals surface area contributed by atoms with E-state index in [-0.39, 0.29) is 5.91 Å². The molecule has 0 aliphatic rings. The number of para-hydroxylation sites is 2. The molecule has 0 spiro atoms. The van der Waals surface area contributed by atoms with Gasteiger partial charge in [-0.1, -0.05) is 48.9 Å². The molecular weight excluding hydrogens is 286 g/mol. The number of hydrogen-bond donors (Lipinski definition) is 1. The van der Waals surface area contributed by atoms with Crippen molar-refractivity contribution in [3.63, 3.8) is 0 Å². The number of amides is 1. The van der Waals surface area contributed by atoms with Crippen molar-refractivity contribution >= 4 is 16.9 Å². The van der Waals surface area contributed by atoms with Gasteiger partial charge in [-0.25, -0.2) is 4.98 Å². The average Bonchev–Trinajstić information content (AvgIpc) is 2.92. The van der Waals surface area contributed by atoms with Crippen LogP contribution in [0.3, 0.4) is 0 Å². The lowest BCUT2D eigenvalue weighted by Crippen LogP contribution is -2.27. The van der Waals surface area contributed by atoms with Crippen molar-refractivity contribution in [2.45, 2.75) is 33.4 Å². The predicted molar refractivity (Wildman–Crippen MR) is 92.1 cm³/mol. The van der Waals surface area contributed by atoms with E-state index in [1.165, 1.54) is 5.56 Å². The van der Waals surface area contributed by atoms with Gasteiger partial charge in [0.2, 0.25) is 5.91 Å². The van der Waals surface area contributed by atoms with E-state index >= 15 is 0 Å². The summed E-state index contributed by atoms with van der Waals surface area (Å²) in [5, 5.41) is 2.99. The summed E-state index contributed by atoms with van der Waals surface area (Å²) in [5.74, 6) is 0.945. The maximum atomic E-state index is 12.3. The number of imidazole rings is 1. The highest BCUT2D eigenvalue weighted by Gasteiger charge is 2.12. The number of rotatable bonds is 5. The molecule has 1 aromatic heterocycles. The number of nitrogens with one attached hydrogen (secondary N) is 1. The number of carbonyl (C=O) groups is 1. The van der Waals surface area contributed by atoms with E-state index in [9.17, 15) is 4.79 Å². The third-order valence-electron chi connectivity index (χ3n) is 3.96. The summed E-state index contributed by atoms with van der Waals surface area (Å²) in [6, 6.07) is 16.1. The maximum absolute atomic E-state index is 12.3. The second kappa shape index (κ2) is 6.65. The molecule has 0 atom stereocenters. The molecular formula is C19H21N3O. The fourth-order valence-electron chi connectivity index (χ4n) is 2.68. The van der Waals surface area contributed by atoms with E-state index in [1.807, 2.05) is 41.0 Å². The molecule has 4 nitrogen and oxygen atoms in total. The normalized spacial score (nSPS) is 10.9. The molecule has 1 N–H and O–H groups in total. The zero-order valence-electron chi connectivity index (χ0n) is 13.5. The maximum Gasteiger partial charge on any atom is 0.240 e. The first-order valence-electron chi connectivity index (χ1n) is 7.93. The lowest BCUT2D eigenvalue weighted by atomic mass is 10.1. The standard InChI is InChI=1S/C19H21N3O/c1-3-18-21-16-6-4-5-7-17(16)22(18)13-19(23)20-12-15-10-8-14(2)9-11-15/h4-11H,3,12-13H2,1-2H3,(H,20,23). The van der Waals surface area contributed by atoms with Crippen LogP contribution < -0.4 is 5.32 Å². The number of fused-ring (bicyclic) bond motifs is 1. The first-order chi connectivity index (χ1) is 11.2. The number of benzene rings is 2. The largest absolute Gasteiger partial charge is 0.350 e. The van der Waals surface area contributed by atoms with Crippen molar-refractivity contribution in [1.82, 2.24) is 14.9 Å². The van der Waals surface area contributed by atoms with Gasteiger partial charge in [0.15, 0.2) is 0 Å². The molecule has 0 bridgehead atoms. The van der Waals surface area contributed by atoms with Gasteiger partial charge in [-0.05, 0) is 24.6 Å². The summed E-state index contributed by atoms with van der Waals surface area (Å²) >= 11 is 0. The number of hydrogen-bond acceptors (Lipinski definition) is 2. The van der Waals surface area contributed by atoms with Crippen LogP contribution in [0.1, 0.15) is 23.9 Å². The van der Waals surface area contributed by atoms with Gasteiger partial charge in [0.05, 0.1) is 11.0 Å². The monoisotopic (exact) mass is 307 g/mol. The third-order valence-corrected chi connectivity index (χ3v) is 3.96. The van der Waals surface area contributed by atoms with Crippen LogP contribution in [0.15, 0.2) is 48.5 Å². The summed E-state index contributed by atoms with van der Waals surface area (Å²) in [4.78, 5) is 16.9. The molecule has 1 heterocycles. The molecule has 3 rings (SSSR count). The Morgan fingerprint density at radius 1 is 1.13 bits per heavy atom. The summed E-state index contributed by atoms with van der Waals surface area (Å²) in [5.41, 5.74) is 4.28. The average molecular weight is 307 g/mol. The summed E-state index contributed by atoms with van der Waals surface area (Å²) in [6.45, 7) is 4.96.